The van der Waals surface area contributed by atoms with Gasteiger partial charge in [-0.3, -0.25) is 0 Å². The Hall–Kier alpha value is -3.44. The molecule has 0 atom stereocenters. The molecule has 40 heavy (non-hydrogen) atoms. The van der Waals surface area contributed by atoms with E-state index in [0.717, 1.165) is 74.1 Å². The molecule has 1 heterocycles. The highest BCUT2D eigenvalue weighted by Gasteiger charge is 2.24. The molecule has 0 spiro atoms. The molecule has 11 heteroatoms. The number of nitrogens with zero attached hydrogens (tertiary/aromatic N) is 3. The zero-order valence-corrected chi connectivity index (χ0v) is 23.7. The van der Waals surface area contributed by atoms with Crippen LogP contribution in [0.1, 0.15) is 32.6 Å². The van der Waals surface area contributed by atoms with E-state index in [9.17, 15) is 18.4 Å². The highest BCUT2D eigenvalue weighted by molar-refractivity contribution is 8.13. The molecule has 0 bridgehead atoms. The van der Waals surface area contributed by atoms with E-state index in [2.05, 4.69) is 23.8 Å². The first-order chi connectivity index (χ1) is 19.2. The topological polar surface area (TPSA) is 103 Å². The first-order valence-electron chi connectivity index (χ1n) is 13.1. The molecular formula is C29H37F2N3O5S. The van der Waals surface area contributed by atoms with E-state index in [1.807, 2.05) is 30.3 Å². The molecule has 218 valence electrons. The van der Waals surface area contributed by atoms with Gasteiger partial charge >= 0.3 is 11.9 Å². The van der Waals surface area contributed by atoms with Crippen LogP contribution >= 0.6 is 11.8 Å². The quantitative estimate of drug-likeness (QED) is 0.152. The number of rotatable bonds is 11. The average Bonchev–Trinajstić information content (AvgIpc) is 2.94. The monoisotopic (exact) mass is 577 g/mol. The SMILES string of the molecule is CCS/C(=N\c1ccccc1)N(C)C1CCN(CCCCOc2ccc(F)c(F)c2)CC1.O=C(O)/C=C/C(=O)O. The van der Waals surface area contributed by atoms with E-state index < -0.39 is 23.6 Å². The summed E-state index contributed by atoms with van der Waals surface area (Å²) in [4.78, 5) is 28.8. The molecule has 3 rings (SSSR count). The lowest BCUT2D eigenvalue weighted by Crippen LogP contribution is -2.45. The van der Waals surface area contributed by atoms with Gasteiger partial charge in [-0.2, -0.15) is 0 Å². The van der Waals surface area contributed by atoms with E-state index in [1.54, 1.807) is 11.8 Å². The molecule has 2 aromatic rings. The number of carboxylic acid groups (broad SMARTS) is 2. The minimum Gasteiger partial charge on any atom is -0.493 e. The number of aliphatic carboxylic acids is 2. The van der Waals surface area contributed by atoms with Crippen LogP contribution in [0.25, 0.3) is 0 Å². The van der Waals surface area contributed by atoms with Gasteiger partial charge in [0.25, 0.3) is 0 Å². The lowest BCUT2D eigenvalue weighted by molar-refractivity contribution is -0.134. The van der Waals surface area contributed by atoms with Gasteiger partial charge in [-0.25, -0.2) is 23.4 Å². The van der Waals surface area contributed by atoms with Crippen LogP contribution in [0, 0.1) is 11.6 Å². The van der Waals surface area contributed by atoms with Gasteiger partial charge in [0.05, 0.1) is 12.3 Å². The first kappa shape index (κ1) is 32.8. The van der Waals surface area contributed by atoms with Gasteiger partial charge in [0.15, 0.2) is 16.8 Å². The molecule has 2 N–H and O–H groups in total. The predicted octanol–water partition coefficient (Wildman–Crippen LogP) is 5.67. The van der Waals surface area contributed by atoms with Gasteiger partial charge in [0.2, 0.25) is 0 Å². The molecule has 1 aliphatic heterocycles. The van der Waals surface area contributed by atoms with Crippen molar-refractivity contribution >= 4 is 34.6 Å². The van der Waals surface area contributed by atoms with Gasteiger partial charge < -0.3 is 24.7 Å². The van der Waals surface area contributed by atoms with E-state index in [0.29, 0.717) is 30.6 Å². The van der Waals surface area contributed by atoms with Crippen LogP contribution < -0.4 is 4.74 Å². The van der Waals surface area contributed by atoms with Crippen LogP contribution in [0.2, 0.25) is 0 Å². The Bertz CT molecular complexity index is 1110. The second kappa shape index (κ2) is 18.0. The number of para-hydroxylation sites is 1. The van der Waals surface area contributed by atoms with Gasteiger partial charge in [-0.1, -0.05) is 36.9 Å². The second-order valence-electron chi connectivity index (χ2n) is 8.99. The Labute approximate surface area is 238 Å². The number of benzene rings is 2. The second-order valence-corrected chi connectivity index (χ2v) is 10.2. The van der Waals surface area contributed by atoms with Gasteiger partial charge in [-0.05, 0) is 62.2 Å². The van der Waals surface area contributed by atoms with Crippen molar-refractivity contribution in [3.8, 4) is 5.75 Å². The van der Waals surface area contributed by atoms with Crippen molar-refractivity contribution < 1.29 is 33.3 Å². The minimum atomic E-state index is -1.26. The summed E-state index contributed by atoms with van der Waals surface area (Å²) in [6.07, 6.45) is 5.28. The zero-order chi connectivity index (χ0) is 29.3. The third-order valence-corrected chi connectivity index (χ3v) is 6.98. The largest absolute Gasteiger partial charge is 0.493 e. The van der Waals surface area contributed by atoms with Crippen LogP contribution in [0.3, 0.4) is 0 Å². The van der Waals surface area contributed by atoms with E-state index in [4.69, 9.17) is 19.9 Å². The number of aliphatic imine (C=N–C) groups is 1. The summed E-state index contributed by atoms with van der Waals surface area (Å²) in [5, 5.41) is 16.7. The van der Waals surface area contributed by atoms with Crippen LogP contribution in [0.5, 0.6) is 5.75 Å². The molecule has 1 saturated heterocycles. The molecule has 1 aliphatic rings. The van der Waals surface area contributed by atoms with Gasteiger partial charge in [0.1, 0.15) is 5.75 Å². The number of carbonyl (C=O) groups is 2. The van der Waals surface area contributed by atoms with E-state index in [1.165, 1.54) is 6.07 Å². The highest BCUT2D eigenvalue weighted by atomic mass is 32.2. The normalized spacial score (nSPS) is 14.4. The fraction of sp³-hybridized carbons (Fsp3) is 0.414. The van der Waals surface area contributed by atoms with Crippen molar-refractivity contribution in [2.45, 2.75) is 38.6 Å². The summed E-state index contributed by atoms with van der Waals surface area (Å²) in [6, 6.07) is 14.3. The molecule has 0 unspecified atom stereocenters. The van der Waals surface area contributed by atoms with E-state index in [-0.39, 0.29) is 0 Å². The summed E-state index contributed by atoms with van der Waals surface area (Å²) < 4.78 is 31.7. The summed E-state index contributed by atoms with van der Waals surface area (Å²) in [5.74, 6) is -2.85. The standard InChI is InChI=1S/C25H33F2N3OS.C4H4O4/c1-3-32-25(28-20-9-5-4-6-10-20)29(2)21-13-16-30(17-14-21)15-7-8-18-31-22-11-12-23(26)24(27)19-22;5-3(6)1-2-4(7)8/h4-6,9-12,19,21H,3,7-8,13-18H2,1-2H3;1-2H,(H,5,6)(H,7,8)/b28-25-;2-1+. The predicted molar refractivity (Wildman–Crippen MR) is 154 cm³/mol. The molecule has 0 saturated carbocycles. The zero-order valence-electron chi connectivity index (χ0n) is 22.8. The molecule has 0 radical (unpaired) electrons. The highest BCUT2D eigenvalue weighted by Crippen LogP contribution is 2.23. The lowest BCUT2D eigenvalue weighted by Gasteiger charge is -2.38. The molecule has 0 amide bonds. The lowest BCUT2D eigenvalue weighted by atomic mass is 10.0. The van der Waals surface area contributed by atoms with Crippen LogP contribution in [-0.2, 0) is 9.59 Å². The first-order valence-corrected chi connectivity index (χ1v) is 14.1. The summed E-state index contributed by atoms with van der Waals surface area (Å²) in [5.41, 5.74) is 0.998. The number of halogens is 2. The number of amidine groups is 1. The minimum absolute atomic E-state index is 0.380. The van der Waals surface area contributed by atoms with Crippen LogP contribution in [0.4, 0.5) is 14.5 Å². The van der Waals surface area contributed by atoms with Crippen molar-refractivity contribution in [2.24, 2.45) is 4.99 Å². The Morgan fingerprint density at radius 2 is 1.70 bits per heavy atom. The molecule has 8 nitrogen and oxygen atoms in total. The van der Waals surface area contributed by atoms with Gasteiger partial charge in [0, 0.05) is 44.4 Å². The summed E-state index contributed by atoms with van der Waals surface area (Å²) in [6.45, 7) is 5.87. The Kier molecular flexibility index (Phi) is 14.8. The number of thioether (sulfide) groups is 1. The Morgan fingerprint density at radius 3 is 2.27 bits per heavy atom. The van der Waals surface area contributed by atoms with Crippen molar-refractivity contribution in [3.05, 3.63) is 72.3 Å². The Morgan fingerprint density at radius 1 is 1.05 bits per heavy atom. The van der Waals surface area contributed by atoms with Crippen molar-refractivity contribution in [2.75, 3.05) is 39.0 Å². The molecule has 0 aliphatic carbocycles. The van der Waals surface area contributed by atoms with Crippen molar-refractivity contribution in [1.29, 1.82) is 0 Å². The third kappa shape index (κ3) is 12.6. The smallest absolute Gasteiger partial charge is 0.328 e. The number of unbranched alkanes of at least 4 members (excludes halogenated alkanes) is 1. The number of ether oxygens (including phenoxy) is 1. The molecule has 0 aromatic heterocycles. The number of piperidine rings is 1. The number of likely N-dealkylation sites (tertiary alicyclic amines) is 1. The van der Waals surface area contributed by atoms with Crippen molar-refractivity contribution in [3.63, 3.8) is 0 Å². The fourth-order valence-corrected chi connectivity index (χ4v) is 4.76. The number of hydrogen-bond acceptors (Lipinski definition) is 6. The summed E-state index contributed by atoms with van der Waals surface area (Å²) >= 11 is 1.80. The fourth-order valence-electron chi connectivity index (χ4n) is 3.98. The number of hydrogen-bond donors (Lipinski definition) is 2. The maximum atomic E-state index is 13.2. The van der Waals surface area contributed by atoms with E-state index >= 15 is 0 Å². The third-order valence-electron chi connectivity index (χ3n) is 6.06. The molecule has 2 aromatic carbocycles. The van der Waals surface area contributed by atoms with Gasteiger partial charge in [-0.15, -0.1) is 0 Å². The number of carboxylic acids is 2. The maximum Gasteiger partial charge on any atom is 0.328 e. The maximum absolute atomic E-state index is 13.2. The van der Waals surface area contributed by atoms with Crippen LogP contribution in [0.15, 0.2) is 65.7 Å². The van der Waals surface area contributed by atoms with Crippen LogP contribution in [-0.4, -0.2) is 82.2 Å². The molecule has 1 fully saturated rings. The van der Waals surface area contributed by atoms with Crippen molar-refractivity contribution in [1.82, 2.24) is 9.80 Å². The Balaban J connectivity index is 0.000000611. The average molecular weight is 578 g/mol. The summed E-state index contributed by atoms with van der Waals surface area (Å²) in [7, 11) is 2.17. The molecular weight excluding hydrogens is 540 g/mol.